The Bertz CT molecular complexity index is 478. The van der Waals surface area contributed by atoms with Crippen LogP contribution in [0.2, 0.25) is 0 Å². The first kappa shape index (κ1) is 13.8. The summed E-state index contributed by atoms with van der Waals surface area (Å²) in [5.74, 6) is 0.474. The summed E-state index contributed by atoms with van der Waals surface area (Å²) < 4.78 is 0. The maximum absolute atomic E-state index is 11.8. The first-order valence-electron chi connectivity index (χ1n) is 6.67. The van der Waals surface area contributed by atoms with Gasteiger partial charge in [0, 0.05) is 6.08 Å². The third kappa shape index (κ3) is 3.44. The minimum Gasteiger partial charge on any atom is -0.386 e. The number of carbonyl (C=O) groups excluding carboxylic acids is 1. The Morgan fingerprint density at radius 2 is 1.89 bits per heavy atom. The highest BCUT2D eigenvalue weighted by molar-refractivity contribution is 5.92. The van der Waals surface area contributed by atoms with E-state index in [4.69, 9.17) is 0 Å². The third-order valence-electron chi connectivity index (χ3n) is 3.40. The molecule has 0 aromatic heterocycles. The summed E-state index contributed by atoms with van der Waals surface area (Å²) in [5.41, 5.74) is 1.61. The van der Waals surface area contributed by atoms with E-state index in [9.17, 15) is 9.90 Å². The Morgan fingerprint density at radius 3 is 2.37 bits per heavy atom. The highest BCUT2D eigenvalue weighted by atomic mass is 16.3. The van der Waals surface area contributed by atoms with E-state index < -0.39 is 5.60 Å². The SMILES string of the molecule is CC(C)c1ccc(C=CC(=O)N2CC(C)(O)C2)cc1. The molecule has 1 N–H and O–H groups in total. The van der Waals surface area contributed by atoms with E-state index in [1.165, 1.54) is 5.56 Å². The molecule has 1 aromatic rings. The van der Waals surface area contributed by atoms with Crippen LogP contribution in [-0.2, 0) is 4.79 Å². The van der Waals surface area contributed by atoms with Gasteiger partial charge in [-0.2, -0.15) is 0 Å². The monoisotopic (exact) mass is 259 g/mol. The first-order chi connectivity index (χ1) is 8.87. The van der Waals surface area contributed by atoms with Gasteiger partial charge in [-0.05, 0) is 30.0 Å². The van der Waals surface area contributed by atoms with Crippen LogP contribution in [0.3, 0.4) is 0 Å². The number of benzene rings is 1. The molecule has 2 rings (SSSR count). The molecule has 0 aliphatic carbocycles. The highest BCUT2D eigenvalue weighted by Gasteiger charge is 2.38. The molecular weight excluding hydrogens is 238 g/mol. The number of hydrogen-bond acceptors (Lipinski definition) is 2. The van der Waals surface area contributed by atoms with E-state index in [1.54, 1.807) is 17.9 Å². The van der Waals surface area contributed by atoms with Crippen molar-refractivity contribution in [3.63, 3.8) is 0 Å². The lowest BCUT2D eigenvalue weighted by atomic mass is 9.97. The second-order valence-corrected chi connectivity index (χ2v) is 5.85. The minimum atomic E-state index is -0.706. The van der Waals surface area contributed by atoms with E-state index in [0.717, 1.165) is 5.56 Å². The van der Waals surface area contributed by atoms with Crippen molar-refractivity contribution in [2.24, 2.45) is 0 Å². The Labute approximate surface area is 114 Å². The van der Waals surface area contributed by atoms with E-state index in [0.29, 0.717) is 19.0 Å². The zero-order valence-corrected chi connectivity index (χ0v) is 11.8. The highest BCUT2D eigenvalue weighted by Crippen LogP contribution is 2.20. The number of β-amino-alcohol motifs (C(OH)–C–C–N with tert-alkyl or cyclic N) is 1. The zero-order valence-electron chi connectivity index (χ0n) is 11.8. The molecule has 0 atom stereocenters. The Balaban J connectivity index is 1.93. The summed E-state index contributed by atoms with van der Waals surface area (Å²) >= 11 is 0. The van der Waals surface area contributed by atoms with Crippen LogP contribution in [-0.4, -0.2) is 34.6 Å². The summed E-state index contributed by atoms with van der Waals surface area (Å²) in [6.45, 7) is 6.89. The molecule has 1 saturated heterocycles. The summed E-state index contributed by atoms with van der Waals surface area (Å²) in [6, 6.07) is 8.21. The lowest BCUT2D eigenvalue weighted by molar-refractivity contribution is -0.146. The van der Waals surface area contributed by atoms with Crippen molar-refractivity contribution in [3.05, 3.63) is 41.5 Å². The topological polar surface area (TPSA) is 40.5 Å². The number of nitrogens with zero attached hydrogens (tertiary/aromatic N) is 1. The predicted octanol–water partition coefficient (Wildman–Crippen LogP) is 2.42. The van der Waals surface area contributed by atoms with Crippen LogP contribution in [0.4, 0.5) is 0 Å². The fourth-order valence-corrected chi connectivity index (χ4v) is 2.20. The van der Waals surface area contributed by atoms with Gasteiger partial charge in [0.15, 0.2) is 0 Å². The quantitative estimate of drug-likeness (QED) is 0.847. The molecule has 102 valence electrons. The molecule has 3 heteroatoms. The van der Waals surface area contributed by atoms with Crippen LogP contribution in [0.1, 0.15) is 37.8 Å². The van der Waals surface area contributed by atoms with Gasteiger partial charge in [-0.1, -0.05) is 38.1 Å². The van der Waals surface area contributed by atoms with Gasteiger partial charge in [-0.15, -0.1) is 0 Å². The zero-order chi connectivity index (χ0) is 14.0. The second-order valence-electron chi connectivity index (χ2n) is 5.85. The molecule has 0 radical (unpaired) electrons. The fraction of sp³-hybridized carbons (Fsp3) is 0.438. The number of hydrogen-bond donors (Lipinski definition) is 1. The molecule has 0 saturated carbocycles. The van der Waals surface area contributed by atoms with Crippen molar-refractivity contribution in [1.29, 1.82) is 0 Å². The average molecular weight is 259 g/mol. The summed E-state index contributed by atoms with van der Waals surface area (Å²) in [4.78, 5) is 13.4. The van der Waals surface area contributed by atoms with Gasteiger partial charge in [0.05, 0.1) is 18.7 Å². The molecule has 0 spiro atoms. The molecule has 19 heavy (non-hydrogen) atoms. The van der Waals surface area contributed by atoms with Crippen molar-refractivity contribution in [2.45, 2.75) is 32.3 Å². The molecule has 1 aromatic carbocycles. The van der Waals surface area contributed by atoms with Gasteiger partial charge in [-0.25, -0.2) is 0 Å². The van der Waals surface area contributed by atoms with Gasteiger partial charge in [0.1, 0.15) is 0 Å². The smallest absolute Gasteiger partial charge is 0.246 e. The molecule has 1 aliphatic heterocycles. The van der Waals surface area contributed by atoms with E-state index >= 15 is 0 Å². The summed E-state index contributed by atoms with van der Waals surface area (Å²) in [6.07, 6.45) is 3.39. The molecule has 1 amide bonds. The molecule has 1 fully saturated rings. The van der Waals surface area contributed by atoms with Crippen LogP contribution < -0.4 is 0 Å². The minimum absolute atomic E-state index is 0.0422. The van der Waals surface area contributed by atoms with Crippen LogP contribution in [0.5, 0.6) is 0 Å². The predicted molar refractivity (Wildman–Crippen MR) is 76.8 cm³/mol. The molecule has 3 nitrogen and oxygen atoms in total. The van der Waals surface area contributed by atoms with Crippen LogP contribution >= 0.6 is 0 Å². The maximum Gasteiger partial charge on any atom is 0.246 e. The van der Waals surface area contributed by atoms with Gasteiger partial charge in [-0.3, -0.25) is 4.79 Å². The van der Waals surface area contributed by atoms with E-state index in [-0.39, 0.29) is 5.91 Å². The Hall–Kier alpha value is -1.61. The van der Waals surface area contributed by atoms with Gasteiger partial charge in [0.2, 0.25) is 5.91 Å². The van der Waals surface area contributed by atoms with Crippen molar-refractivity contribution >= 4 is 12.0 Å². The second kappa shape index (κ2) is 5.17. The maximum atomic E-state index is 11.8. The van der Waals surface area contributed by atoms with Crippen LogP contribution in [0, 0.1) is 0 Å². The van der Waals surface area contributed by atoms with Crippen LogP contribution in [0.25, 0.3) is 6.08 Å². The Kier molecular flexibility index (Phi) is 3.76. The number of aliphatic hydroxyl groups is 1. The third-order valence-corrected chi connectivity index (χ3v) is 3.40. The fourth-order valence-electron chi connectivity index (χ4n) is 2.20. The largest absolute Gasteiger partial charge is 0.386 e. The van der Waals surface area contributed by atoms with Crippen molar-refractivity contribution in [1.82, 2.24) is 4.90 Å². The molecule has 1 aliphatic rings. The molecule has 1 heterocycles. The molecule has 0 unspecified atom stereocenters. The van der Waals surface area contributed by atoms with Crippen LogP contribution in [0.15, 0.2) is 30.3 Å². The van der Waals surface area contributed by atoms with Gasteiger partial charge >= 0.3 is 0 Å². The standard InChI is InChI=1S/C16H21NO2/c1-12(2)14-7-4-13(5-8-14)6-9-15(18)17-10-16(3,19)11-17/h4-9,12,19H,10-11H2,1-3H3. The van der Waals surface area contributed by atoms with Gasteiger partial charge in [0.25, 0.3) is 0 Å². The first-order valence-corrected chi connectivity index (χ1v) is 6.67. The van der Waals surface area contributed by atoms with Crippen molar-refractivity contribution in [3.8, 4) is 0 Å². The summed E-state index contributed by atoms with van der Waals surface area (Å²) in [7, 11) is 0. The van der Waals surface area contributed by atoms with E-state index in [1.807, 2.05) is 18.2 Å². The number of rotatable bonds is 3. The lowest BCUT2D eigenvalue weighted by Gasteiger charge is -2.43. The normalized spacial score (nSPS) is 17.8. The lowest BCUT2D eigenvalue weighted by Crippen LogP contribution is -2.61. The van der Waals surface area contributed by atoms with Crippen molar-refractivity contribution < 1.29 is 9.90 Å². The Morgan fingerprint density at radius 1 is 1.32 bits per heavy atom. The number of likely N-dealkylation sites (tertiary alicyclic amines) is 1. The van der Waals surface area contributed by atoms with Crippen molar-refractivity contribution in [2.75, 3.05) is 13.1 Å². The number of carbonyl (C=O) groups is 1. The average Bonchev–Trinajstić information content (AvgIpc) is 2.33. The molecule has 0 bridgehead atoms. The van der Waals surface area contributed by atoms with Gasteiger partial charge < -0.3 is 10.0 Å². The summed E-state index contributed by atoms with van der Waals surface area (Å²) in [5, 5.41) is 9.58. The van der Waals surface area contributed by atoms with E-state index in [2.05, 4.69) is 26.0 Å². The number of amides is 1. The molecular formula is C16H21NO2.